The van der Waals surface area contributed by atoms with Gasteiger partial charge in [-0.3, -0.25) is 4.57 Å². The molecule has 0 heterocycles. The van der Waals surface area contributed by atoms with Gasteiger partial charge in [0.15, 0.2) is 0 Å². The van der Waals surface area contributed by atoms with Crippen LogP contribution in [0.1, 0.15) is 26.3 Å². The second kappa shape index (κ2) is 9.50. The van der Waals surface area contributed by atoms with Crippen LogP contribution in [0.2, 0.25) is 0 Å². The molecule has 0 saturated heterocycles. The minimum absolute atomic E-state index is 0.117. The van der Waals surface area contributed by atoms with E-state index >= 15 is 0 Å². The highest BCUT2D eigenvalue weighted by atomic mass is 31.2. The maximum atomic E-state index is 12.9. The summed E-state index contributed by atoms with van der Waals surface area (Å²) in [6.07, 6.45) is 1.46. The number of carbonyl (C=O) groups is 1. The van der Waals surface area contributed by atoms with Gasteiger partial charge in [-0.2, -0.15) is 0 Å². The van der Waals surface area contributed by atoms with E-state index < -0.39 is 13.6 Å². The molecule has 1 rings (SSSR count). The third-order valence-corrected chi connectivity index (χ3v) is 4.89. The molecule has 0 aliphatic rings. The van der Waals surface area contributed by atoms with Crippen molar-refractivity contribution in [3.8, 4) is 5.75 Å². The summed E-state index contributed by atoms with van der Waals surface area (Å²) in [5, 5.41) is -0.117. The molecule has 0 radical (unpaired) electrons. The molecule has 0 N–H and O–H groups in total. The van der Waals surface area contributed by atoms with Crippen molar-refractivity contribution < 1.29 is 27.9 Å². The summed E-state index contributed by atoms with van der Waals surface area (Å²) in [6, 6.07) is 6.95. The van der Waals surface area contributed by atoms with Gasteiger partial charge >= 0.3 is 13.6 Å². The van der Waals surface area contributed by atoms with E-state index in [2.05, 4.69) is 0 Å². The van der Waals surface area contributed by atoms with Crippen molar-refractivity contribution in [2.24, 2.45) is 0 Å². The van der Waals surface area contributed by atoms with E-state index in [1.165, 1.54) is 6.08 Å². The number of methoxy groups -OCH3 is 1. The molecular formula is C16H23O6P. The number of ether oxygens (including phenoxy) is 2. The van der Waals surface area contributed by atoms with Crippen molar-refractivity contribution in [3.05, 3.63) is 35.1 Å². The van der Waals surface area contributed by atoms with E-state index in [-0.39, 0.29) is 25.1 Å². The molecule has 0 spiro atoms. The Labute approximate surface area is 136 Å². The van der Waals surface area contributed by atoms with E-state index in [0.717, 1.165) is 0 Å². The molecule has 1 aromatic carbocycles. The first kappa shape index (κ1) is 19.4. The highest BCUT2D eigenvalue weighted by Gasteiger charge is 2.36. The molecule has 0 unspecified atom stereocenters. The smallest absolute Gasteiger partial charge is 0.368 e. The van der Waals surface area contributed by atoms with Crippen molar-refractivity contribution in [2.75, 3.05) is 26.9 Å². The van der Waals surface area contributed by atoms with Crippen LogP contribution in [0.25, 0.3) is 6.08 Å². The molecule has 1 aromatic rings. The zero-order valence-corrected chi connectivity index (χ0v) is 14.8. The third kappa shape index (κ3) is 5.50. The Kier molecular flexibility index (Phi) is 8.03. The van der Waals surface area contributed by atoms with Gasteiger partial charge in [0.05, 0.1) is 26.9 Å². The molecule has 6 nitrogen and oxygen atoms in total. The quantitative estimate of drug-likeness (QED) is 0.385. The highest BCUT2D eigenvalue weighted by molar-refractivity contribution is 7.60. The van der Waals surface area contributed by atoms with Crippen LogP contribution in [0, 0.1) is 0 Å². The summed E-state index contributed by atoms with van der Waals surface area (Å²) < 4.78 is 33.5. The molecule has 0 bridgehead atoms. The zero-order chi connectivity index (χ0) is 17.3. The predicted molar refractivity (Wildman–Crippen MR) is 88.5 cm³/mol. The average Bonchev–Trinajstić information content (AvgIpc) is 2.53. The van der Waals surface area contributed by atoms with Crippen LogP contribution in [0.15, 0.2) is 29.6 Å². The zero-order valence-electron chi connectivity index (χ0n) is 13.9. The first-order chi connectivity index (χ1) is 11.0. The number of hydrogen-bond acceptors (Lipinski definition) is 6. The molecule has 0 aliphatic carbocycles. The van der Waals surface area contributed by atoms with E-state index in [0.29, 0.717) is 11.3 Å². The fourth-order valence-corrected chi connectivity index (χ4v) is 3.46. The van der Waals surface area contributed by atoms with Gasteiger partial charge in [0.1, 0.15) is 11.1 Å². The molecule has 0 fully saturated rings. The lowest BCUT2D eigenvalue weighted by molar-refractivity contribution is -0.137. The first-order valence-electron chi connectivity index (χ1n) is 7.43. The topological polar surface area (TPSA) is 71.1 Å². The molecule has 128 valence electrons. The first-order valence-corrected chi connectivity index (χ1v) is 8.97. The van der Waals surface area contributed by atoms with Gasteiger partial charge in [0, 0.05) is 0 Å². The van der Waals surface area contributed by atoms with Gasteiger partial charge < -0.3 is 18.5 Å². The van der Waals surface area contributed by atoms with Crippen LogP contribution in [0.4, 0.5) is 0 Å². The Hall–Kier alpha value is -1.62. The van der Waals surface area contributed by atoms with E-state index in [1.807, 2.05) is 0 Å². The van der Waals surface area contributed by atoms with E-state index in [1.54, 1.807) is 52.1 Å². The summed E-state index contributed by atoms with van der Waals surface area (Å²) in [7, 11) is -2.18. The molecule has 0 aliphatic heterocycles. The van der Waals surface area contributed by atoms with Gasteiger partial charge in [-0.15, -0.1) is 0 Å². The molecule has 0 atom stereocenters. The fourth-order valence-electron chi connectivity index (χ4n) is 1.83. The van der Waals surface area contributed by atoms with Crippen LogP contribution >= 0.6 is 7.60 Å². The van der Waals surface area contributed by atoms with Gasteiger partial charge in [-0.1, -0.05) is 12.1 Å². The van der Waals surface area contributed by atoms with Crippen molar-refractivity contribution in [1.82, 2.24) is 0 Å². The summed E-state index contributed by atoms with van der Waals surface area (Å²) in [5.74, 6) is -0.0359. The third-order valence-electron chi connectivity index (χ3n) is 2.80. The number of esters is 1. The molecule has 0 saturated carbocycles. The van der Waals surface area contributed by atoms with Crippen molar-refractivity contribution in [3.63, 3.8) is 0 Å². The Morgan fingerprint density at radius 2 is 1.61 bits per heavy atom. The molecule has 7 heteroatoms. The summed E-state index contributed by atoms with van der Waals surface area (Å²) in [4.78, 5) is 12.2. The monoisotopic (exact) mass is 342 g/mol. The van der Waals surface area contributed by atoms with Crippen LogP contribution in [-0.2, 0) is 23.1 Å². The van der Waals surface area contributed by atoms with E-state index in [4.69, 9.17) is 18.5 Å². The van der Waals surface area contributed by atoms with Crippen LogP contribution < -0.4 is 4.74 Å². The second-order valence-corrected chi connectivity index (χ2v) is 6.35. The summed E-state index contributed by atoms with van der Waals surface area (Å²) in [6.45, 7) is 5.50. The average molecular weight is 342 g/mol. The molecule has 23 heavy (non-hydrogen) atoms. The fraction of sp³-hybridized carbons (Fsp3) is 0.438. The van der Waals surface area contributed by atoms with Gasteiger partial charge in [0.2, 0.25) is 0 Å². The predicted octanol–water partition coefficient (Wildman–Crippen LogP) is 3.87. The normalized spacial score (nSPS) is 12.1. The van der Waals surface area contributed by atoms with Crippen molar-refractivity contribution >= 4 is 19.6 Å². The van der Waals surface area contributed by atoms with Gasteiger partial charge in [0.25, 0.3) is 0 Å². The number of hydrogen-bond donors (Lipinski definition) is 0. The Morgan fingerprint density at radius 1 is 1.04 bits per heavy atom. The molecule has 0 aromatic heterocycles. The largest absolute Gasteiger partial charge is 0.497 e. The lowest BCUT2D eigenvalue weighted by Crippen LogP contribution is -2.11. The SMILES string of the molecule is CCOC(=O)C(=Cc1ccc(OC)cc1)P(=O)(OCC)OCC. The summed E-state index contributed by atoms with van der Waals surface area (Å²) in [5.41, 5.74) is 0.661. The lowest BCUT2D eigenvalue weighted by Gasteiger charge is -2.19. The maximum Gasteiger partial charge on any atom is 0.368 e. The van der Waals surface area contributed by atoms with Gasteiger partial charge in [-0.25, -0.2) is 4.79 Å². The number of rotatable bonds is 9. The van der Waals surface area contributed by atoms with Crippen LogP contribution in [0.5, 0.6) is 5.75 Å². The highest BCUT2D eigenvalue weighted by Crippen LogP contribution is 2.57. The van der Waals surface area contributed by atoms with Crippen molar-refractivity contribution in [1.29, 1.82) is 0 Å². The van der Waals surface area contributed by atoms with Crippen molar-refractivity contribution in [2.45, 2.75) is 20.8 Å². The van der Waals surface area contributed by atoms with Gasteiger partial charge in [-0.05, 0) is 44.5 Å². The van der Waals surface area contributed by atoms with E-state index in [9.17, 15) is 9.36 Å². The Bertz CT molecular complexity index is 569. The van der Waals surface area contributed by atoms with Crippen LogP contribution in [0.3, 0.4) is 0 Å². The minimum atomic E-state index is -3.74. The summed E-state index contributed by atoms with van der Waals surface area (Å²) >= 11 is 0. The number of carbonyl (C=O) groups excluding carboxylic acids is 1. The minimum Gasteiger partial charge on any atom is -0.497 e. The standard InChI is InChI=1S/C16H23O6P/c1-5-20-16(17)15(23(18,21-6-2)22-7-3)12-13-8-10-14(19-4)11-9-13/h8-12H,5-7H2,1-4H3. The van der Waals surface area contributed by atoms with Crippen LogP contribution in [-0.4, -0.2) is 32.9 Å². The maximum absolute atomic E-state index is 12.9. The Morgan fingerprint density at radius 3 is 2.04 bits per heavy atom. The molecule has 0 amide bonds. The lowest BCUT2D eigenvalue weighted by atomic mass is 10.2. The second-order valence-electron chi connectivity index (χ2n) is 4.36. The Balaban J connectivity index is 3.29. The number of benzene rings is 1. The molecular weight excluding hydrogens is 319 g/mol.